The van der Waals surface area contributed by atoms with Gasteiger partial charge in [-0.2, -0.15) is 0 Å². The lowest BCUT2D eigenvalue weighted by Crippen LogP contribution is -2.49. The lowest BCUT2D eigenvalue weighted by molar-refractivity contribution is 0.0744. The van der Waals surface area contributed by atoms with Gasteiger partial charge in [0.25, 0.3) is 5.91 Å². The molecule has 7 heteroatoms. The van der Waals surface area contributed by atoms with Crippen LogP contribution < -0.4 is 4.90 Å². The summed E-state index contributed by atoms with van der Waals surface area (Å²) in [5.74, 6) is 2.68. The molecule has 1 aliphatic heterocycles. The minimum absolute atomic E-state index is 0.00219. The number of aryl methyl sites for hydroxylation is 3. The minimum atomic E-state index is -0.00219. The molecule has 1 amide bonds. The highest BCUT2D eigenvalue weighted by molar-refractivity contribution is 5.96. The van der Waals surface area contributed by atoms with Gasteiger partial charge in [0.2, 0.25) is 0 Å². The zero-order chi connectivity index (χ0) is 18.1. The average molecular weight is 343 g/mol. The van der Waals surface area contributed by atoms with Crippen LogP contribution in [0.15, 0.2) is 10.6 Å². The van der Waals surface area contributed by atoms with Crippen LogP contribution in [0.3, 0.4) is 0 Å². The Morgan fingerprint density at radius 1 is 1.12 bits per heavy atom. The standard InChI is InChI=1S/C18H25N5O2/c1-11(2)17-19-12(3)10-15(20-17)22-6-8-23(9-7-22)18(24)16-13(4)21-25-14(16)5/h10-11H,6-9H2,1-5H3. The van der Waals surface area contributed by atoms with E-state index in [1.807, 2.05) is 17.9 Å². The van der Waals surface area contributed by atoms with Crippen LogP contribution in [0.1, 0.15) is 53.1 Å². The van der Waals surface area contributed by atoms with Gasteiger partial charge in [0.1, 0.15) is 23.0 Å². The number of aromatic nitrogens is 3. The van der Waals surface area contributed by atoms with Crippen molar-refractivity contribution in [3.05, 3.63) is 34.6 Å². The molecule has 134 valence electrons. The van der Waals surface area contributed by atoms with Gasteiger partial charge in [0.15, 0.2) is 0 Å². The van der Waals surface area contributed by atoms with Crippen molar-refractivity contribution in [3.8, 4) is 0 Å². The summed E-state index contributed by atoms with van der Waals surface area (Å²) in [7, 11) is 0. The molecule has 2 aromatic heterocycles. The Morgan fingerprint density at radius 3 is 2.36 bits per heavy atom. The fraction of sp³-hybridized carbons (Fsp3) is 0.556. The van der Waals surface area contributed by atoms with Crippen molar-refractivity contribution in [1.82, 2.24) is 20.0 Å². The van der Waals surface area contributed by atoms with Gasteiger partial charge in [-0.3, -0.25) is 4.79 Å². The van der Waals surface area contributed by atoms with Crippen LogP contribution in [-0.2, 0) is 0 Å². The Hall–Kier alpha value is -2.44. The Kier molecular flexibility index (Phi) is 4.74. The van der Waals surface area contributed by atoms with Gasteiger partial charge in [-0.25, -0.2) is 9.97 Å². The zero-order valence-electron chi connectivity index (χ0n) is 15.5. The van der Waals surface area contributed by atoms with Crippen LogP contribution in [0.2, 0.25) is 0 Å². The number of nitrogens with zero attached hydrogens (tertiary/aromatic N) is 5. The Labute approximate surface area is 148 Å². The average Bonchev–Trinajstić information content (AvgIpc) is 2.92. The molecule has 0 aromatic carbocycles. The van der Waals surface area contributed by atoms with Crippen molar-refractivity contribution in [1.29, 1.82) is 0 Å². The minimum Gasteiger partial charge on any atom is -0.361 e. The molecular weight excluding hydrogens is 318 g/mol. The first-order chi connectivity index (χ1) is 11.9. The molecule has 0 saturated carbocycles. The molecule has 1 saturated heterocycles. The van der Waals surface area contributed by atoms with Gasteiger partial charge in [-0.1, -0.05) is 19.0 Å². The van der Waals surface area contributed by atoms with E-state index in [0.717, 1.165) is 30.4 Å². The van der Waals surface area contributed by atoms with E-state index in [9.17, 15) is 4.79 Å². The molecule has 1 fully saturated rings. The highest BCUT2D eigenvalue weighted by Crippen LogP contribution is 2.20. The summed E-state index contributed by atoms with van der Waals surface area (Å²) in [5, 5.41) is 3.88. The fourth-order valence-corrected chi connectivity index (χ4v) is 3.08. The van der Waals surface area contributed by atoms with Crippen LogP contribution in [0, 0.1) is 20.8 Å². The van der Waals surface area contributed by atoms with Gasteiger partial charge in [0, 0.05) is 43.9 Å². The third-order valence-electron chi connectivity index (χ3n) is 4.51. The van der Waals surface area contributed by atoms with E-state index in [0.29, 0.717) is 36.0 Å². The van der Waals surface area contributed by atoms with Crippen LogP contribution >= 0.6 is 0 Å². The maximum absolute atomic E-state index is 12.7. The molecule has 0 bridgehead atoms. The van der Waals surface area contributed by atoms with E-state index < -0.39 is 0 Å². The number of anilines is 1. The van der Waals surface area contributed by atoms with Gasteiger partial charge >= 0.3 is 0 Å². The van der Waals surface area contributed by atoms with Crippen molar-refractivity contribution in [2.75, 3.05) is 31.1 Å². The fourth-order valence-electron chi connectivity index (χ4n) is 3.08. The van der Waals surface area contributed by atoms with Crippen LogP contribution in [0.25, 0.3) is 0 Å². The molecule has 0 spiro atoms. The van der Waals surface area contributed by atoms with E-state index in [2.05, 4.69) is 28.9 Å². The predicted octanol–water partition coefficient (Wildman–Crippen LogP) is 2.48. The monoisotopic (exact) mass is 343 g/mol. The summed E-state index contributed by atoms with van der Waals surface area (Å²) < 4.78 is 5.12. The molecule has 25 heavy (non-hydrogen) atoms. The second-order valence-electron chi connectivity index (χ2n) is 6.86. The second-order valence-corrected chi connectivity index (χ2v) is 6.86. The first-order valence-electron chi connectivity index (χ1n) is 8.69. The first-order valence-corrected chi connectivity index (χ1v) is 8.69. The van der Waals surface area contributed by atoms with E-state index in [-0.39, 0.29) is 5.91 Å². The zero-order valence-corrected chi connectivity index (χ0v) is 15.5. The molecule has 0 unspecified atom stereocenters. The number of hydrogen-bond donors (Lipinski definition) is 0. The van der Waals surface area contributed by atoms with Gasteiger partial charge in [-0.15, -0.1) is 0 Å². The summed E-state index contributed by atoms with van der Waals surface area (Å²) in [6, 6.07) is 2.01. The summed E-state index contributed by atoms with van der Waals surface area (Å²) >= 11 is 0. The summed E-state index contributed by atoms with van der Waals surface area (Å²) in [6.07, 6.45) is 0. The van der Waals surface area contributed by atoms with Crippen molar-refractivity contribution >= 4 is 11.7 Å². The summed E-state index contributed by atoms with van der Waals surface area (Å²) in [6.45, 7) is 12.6. The highest BCUT2D eigenvalue weighted by Gasteiger charge is 2.27. The molecule has 0 N–H and O–H groups in total. The number of hydrogen-bond acceptors (Lipinski definition) is 6. The Bertz CT molecular complexity index is 756. The van der Waals surface area contributed by atoms with E-state index in [4.69, 9.17) is 9.51 Å². The quantitative estimate of drug-likeness (QED) is 0.852. The van der Waals surface area contributed by atoms with Crippen molar-refractivity contribution in [2.45, 2.75) is 40.5 Å². The van der Waals surface area contributed by atoms with Gasteiger partial charge < -0.3 is 14.3 Å². The van der Waals surface area contributed by atoms with E-state index >= 15 is 0 Å². The van der Waals surface area contributed by atoms with Crippen LogP contribution in [-0.4, -0.2) is 52.1 Å². The molecule has 7 nitrogen and oxygen atoms in total. The van der Waals surface area contributed by atoms with Crippen molar-refractivity contribution in [3.63, 3.8) is 0 Å². The number of carbonyl (C=O) groups is 1. The Morgan fingerprint density at radius 2 is 1.80 bits per heavy atom. The smallest absolute Gasteiger partial charge is 0.259 e. The van der Waals surface area contributed by atoms with E-state index in [1.165, 1.54) is 0 Å². The van der Waals surface area contributed by atoms with Crippen LogP contribution in [0.5, 0.6) is 0 Å². The molecule has 0 radical (unpaired) electrons. The van der Waals surface area contributed by atoms with Crippen molar-refractivity contribution in [2.24, 2.45) is 0 Å². The molecular formula is C18H25N5O2. The normalized spacial score (nSPS) is 15.1. The largest absolute Gasteiger partial charge is 0.361 e. The third-order valence-corrected chi connectivity index (χ3v) is 4.51. The topological polar surface area (TPSA) is 75.4 Å². The van der Waals surface area contributed by atoms with E-state index in [1.54, 1.807) is 13.8 Å². The Balaban J connectivity index is 1.71. The maximum Gasteiger partial charge on any atom is 0.259 e. The number of amides is 1. The lowest BCUT2D eigenvalue weighted by Gasteiger charge is -2.35. The second kappa shape index (κ2) is 6.82. The third kappa shape index (κ3) is 3.50. The van der Waals surface area contributed by atoms with Gasteiger partial charge in [-0.05, 0) is 20.8 Å². The molecule has 0 aliphatic carbocycles. The molecule has 3 rings (SSSR count). The van der Waals surface area contributed by atoms with Crippen molar-refractivity contribution < 1.29 is 9.32 Å². The molecule has 2 aromatic rings. The maximum atomic E-state index is 12.7. The predicted molar refractivity (Wildman–Crippen MR) is 95.0 cm³/mol. The molecule has 1 aliphatic rings. The van der Waals surface area contributed by atoms with Crippen LogP contribution in [0.4, 0.5) is 5.82 Å². The number of piperazine rings is 1. The highest BCUT2D eigenvalue weighted by atomic mass is 16.5. The molecule has 3 heterocycles. The summed E-state index contributed by atoms with van der Waals surface area (Å²) in [4.78, 5) is 26.0. The number of carbonyl (C=O) groups excluding carboxylic acids is 1. The molecule has 0 atom stereocenters. The number of rotatable bonds is 3. The van der Waals surface area contributed by atoms with Gasteiger partial charge in [0.05, 0.1) is 5.69 Å². The SMILES string of the molecule is Cc1cc(N2CCN(C(=O)c3c(C)noc3C)CC2)nc(C(C)C)n1. The lowest BCUT2D eigenvalue weighted by atomic mass is 10.1. The first kappa shape index (κ1) is 17.4. The summed E-state index contributed by atoms with van der Waals surface area (Å²) in [5.41, 5.74) is 2.22.